The fourth-order valence-corrected chi connectivity index (χ4v) is 2.63. The first-order chi connectivity index (χ1) is 7.84. The number of fused-ring (bicyclic) bond motifs is 1. The van der Waals surface area contributed by atoms with Gasteiger partial charge in [0, 0.05) is 34.9 Å². The SMILES string of the molecule is CC(=O)/C=C1\N(C)c2ccc(Cl)cc2C1(C)C. The first-order valence-corrected chi connectivity index (χ1v) is 5.98. The van der Waals surface area contributed by atoms with Gasteiger partial charge in [0.05, 0.1) is 0 Å². The van der Waals surface area contributed by atoms with Crippen LogP contribution in [0.15, 0.2) is 30.0 Å². The maximum absolute atomic E-state index is 11.3. The Bertz CT molecular complexity index is 517. The summed E-state index contributed by atoms with van der Waals surface area (Å²) in [4.78, 5) is 13.4. The van der Waals surface area contributed by atoms with Crippen LogP contribution in [0, 0.1) is 0 Å². The second-order valence-electron chi connectivity index (χ2n) is 4.99. The summed E-state index contributed by atoms with van der Waals surface area (Å²) < 4.78 is 0. The average Bonchev–Trinajstić information content (AvgIpc) is 2.40. The van der Waals surface area contributed by atoms with Gasteiger partial charge in [-0.3, -0.25) is 4.79 Å². The van der Waals surface area contributed by atoms with Crippen LogP contribution in [0.2, 0.25) is 5.02 Å². The van der Waals surface area contributed by atoms with Gasteiger partial charge in [0.25, 0.3) is 0 Å². The van der Waals surface area contributed by atoms with E-state index in [0.717, 1.165) is 16.4 Å². The lowest BCUT2D eigenvalue weighted by molar-refractivity contribution is -0.112. The summed E-state index contributed by atoms with van der Waals surface area (Å²) in [5, 5.41) is 0.731. The molecule has 0 saturated heterocycles. The van der Waals surface area contributed by atoms with E-state index in [-0.39, 0.29) is 11.2 Å². The lowest BCUT2D eigenvalue weighted by atomic mass is 9.83. The number of hydrogen-bond donors (Lipinski definition) is 0. The van der Waals surface area contributed by atoms with Gasteiger partial charge in [-0.1, -0.05) is 25.4 Å². The standard InChI is InChI=1S/C14H16ClNO/c1-9(17)7-13-14(2,3)11-8-10(15)5-6-12(11)16(13)4/h5-8H,1-4H3/b13-7-. The molecule has 90 valence electrons. The van der Waals surface area contributed by atoms with E-state index < -0.39 is 0 Å². The van der Waals surface area contributed by atoms with Crippen LogP contribution in [0.1, 0.15) is 26.3 Å². The number of likely N-dealkylation sites (N-methyl/N-ethyl adjacent to an activating group) is 1. The highest BCUT2D eigenvalue weighted by Gasteiger charge is 2.38. The lowest BCUT2D eigenvalue weighted by Crippen LogP contribution is -2.23. The third-order valence-electron chi connectivity index (χ3n) is 3.33. The Labute approximate surface area is 107 Å². The van der Waals surface area contributed by atoms with E-state index in [1.54, 1.807) is 13.0 Å². The molecule has 0 radical (unpaired) electrons. The highest BCUT2D eigenvalue weighted by atomic mass is 35.5. The van der Waals surface area contributed by atoms with Crippen LogP contribution < -0.4 is 4.90 Å². The van der Waals surface area contributed by atoms with Crippen LogP contribution in [0.5, 0.6) is 0 Å². The zero-order chi connectivity index (χ0) is 12.8. The topological polar surface area (TPSA) is 20.3 Å². The summed E-state index contributed by atoms with van der Waals surface area (Å²) in [5.41, 5.74) is 3.12. The normalized spacial score (nSPS) is 19.6. The van der Waals surface area contributed by atoms with Crippen LogP contribution in [-0.2, 0) is 10.2 Å². The van der Waals surface area contributed by atoms with Gasteiger partial charge in [0.2, 0.25) is 0 Å². The molecule has 1 aromatic carbocycles. The van der Waals surface area contributed by atoms with Crippen molar-refractivity contribution in [3.05, 3.63) is 40.6 Å². The summed E-state index contributed by atoms with van der Waals surface area (Å²) in [7, 11) is 1.98. The minimum atomic E-state index is -0.180. The fraction of sp³-hybridized carbons (Fsp3) is 0.357. The van der Waals surface area contributed by atoms with E-state index in [9.17, 15) is 4.79 Å². The number of halogens is 1. The number of ketones is 1. The molecule has 0 saturated carbocycles. The second-order valence-corrected chi connectivity index (χ2v) is 5.42. The molecule has 1 aromatic rings. The quantitative estimate of drug-likeness (QED) is 0.710. The largest absolute Gasteiger partial charge is 0.347 e. The highest BCUT2D eigenvalue weighted by molar-refractivity contribution is 6.30. The Balaban J connectivity index is 2.64. The monoisotopic (exact) mass is 249 g/mol. The zero-order valence-corrected chi connectivity index (χ0v) is 11.3. The molecule has 0 unspecified atom stereocenters. The van der Waals surface area contributed by atoms with Crippen LogP contribution in [0.25, 0.3) is 0 Å². The Kier molecular flexibility index (Phi) is 2.78. The summed E-state index contributed by atoms with van der Waals surface area (Å²) in [6.07, 6.45) is 1.70. The summed E-state index contributed by atoms with van der Waals surface area (Å²) in [6, 6.07) is 5.86. The summed E-state index contributed by atoms with van der Waals surface area (Å²) >= 11 is 6.05. The summed E-state index contributed by atoms with van der Waals surface area (Å²) in [5.74, 6) is 0.0684. The summed E-state index contributed by atoms with van der Waals surface area (Å²) in [6.45, 7) is 5.80. The Hall–Kier alpha value is -1.28. The first-order valence-electron chi connectivity index (χ1n) is 5.60. The molecule has 0 amide bonds. The van der Waals surface area contributed by atoms with Crippen molar-refractivity contribution < 1.29 is 4.79 Å². The molecule has 1 aliphatic heterocycles. The smallest absolute Gasteiger partial charge is 0.154 e. The number of benzene rings is 1. The molecule has 0 aliphatic carbocycles. The van der Waals surface area contributed by atoms with Crippen molar-refractivity contribution in [2.45, 2.75) is 26.2 Å². The zero-order valence-electron chi connectivity index (χ0n) is 10.5. The van der Waals surface area contributed by atoms with Crippen molar-refractivity contribution in [1.82, 2.24) is 0 Å². The molecule has 0 atom stereocenters. The number of allylic oxidation sites excluding steroid dienone is 2. The molecule has 0 bridgehead atoms. The number of rotatable bonds is 1. The van der Waals surface area contributed by atoms with Crippen LogP contribution >= 0.6 is 11.6 Å². The molecule has 0 N–H and O–H groups in total. The van der Waals surface area contributed by atoms with Gasteiger partial charge < -0.3 is 4.90 Å². The maximum atomic E-state index is 11.3. The first kappa shape index (κ1) is 12.2. The predicted molar refractivity (Wildman–Crippen MR) is 71.6 cm³/mol. The number of carbonyl (C=O) groups excluding carboxylic acids is 1. The molecular formula is C14H16ClNO. The van der Waals surface area contributed by atoms with Gasteiger partial charge in [0.15, 0.2) is 5.78 Å². The van der Waals surface area contributed by atoms with Crippen molar-refractivity contribution in [2.24, 2.45) is 0 Å². The van der Waals surface area contributed by atoms with Gasteiger partial charge in [-0.05, 0) is 30.7 Å². The van der Waals surface area contributed by atoms with Crippen LogP contribution in [0.3, 0.4) is 0 Å². The molecule has 1 heterocycles. The van der Waals surface area contributed by atoms with Gasteiger partial charge in [-0.2, -0.15) is 0 Å². The predicted octanol–water partition coefficient (Wildman–Crippen LogP) is 3.54. The number of anilines is 1. The lowest BCUT2D eigenvalue weighted by Gasteiger charge is -2.23. The molecule has 0 aromatic heterocycles. The molecule has 1 aliphatic rings. The van der Waals surface area contributed by atoms with Crippen molar-refractivity contribution in [3.8, 4) is 0 Å². The van der Waals surface area contributed by atoms with Crippen LogP contribution in [-0.4, -0.2) is 12.8 Å². The molecule has 0 spiro atoms. The molecular weight excluding hydrogens is 234 g/mol. The van der Waals surface area contributed by atoms with E-state index in [1.807, 2.05) is 25.2 Å². The fourth-order valence-electron chi connectivity index (χ4n) is 2.46. The molecule has 3 heteroatoms. The van der Waals surface area contributed by atoms with Gasteiger partial charge in [-0.15, -0.1) is 0 Å². The molecule has 17 heavy (non-hydrogen) atoms. The van der Waals surface area contributed by atoms with Crippen molar-refractivity contribution >= 4 is 23.1 Å². The van der Waals surface area contributed by atoms with E-state index in [4.69, 9.17) is 11.6 Å². The average molecular weight is 250 g/mol. The van der Waals surface area contributed by atoms with Gasteiger partial charge in [-0.25, -0.2) is 0 Å². The van der Waals surface area contributed by atoms with E-state index in [1.165, 1.54) is 5.56 Å². The Morgan fingerprint density at radius 1 is 1.41 bits per heavy atom. The van der Waals surface area contributed by atoms with E-state index >= 15 is 0 Å². The minimum absolute atomic E-state index is 0.0684. The van der Waals surface area contributed by atoms with E-state index in [2.05, 4.69) is 18.7 Å². The Morgan fingerprint density at radius 3 is 2.65 bits per heavy atom. The molecule has 2 nitrogen and oxygen atoms in total. The van der Waals surface area contributed by atoms with Crippen molar-refractivity contribution in [1.29, 1.82) is 0 Å². The van der Waals surface area contributed by atoms with Gasteiger partial charge >= 0.3 is 0 Å². The van der Waals surface area contributed by atoms with E-state index in [0.29, 0.717) is 0 Å². The van der Waals surface area contributed by atoms with Crippen molar-refractivity contribution in [2.75, 3.05) is 11.9 Å². The van der Waals surface area contributed by atoms with Crippen molar-refractivity contribution in [3.63, 3.8) is 0 Å². The number of hydrogen-bond acceptors (Lipinski definition) is 2. The Morgan fingerprint density at radius 2 is 2.06 bits per heavy atom. The maximum Gasteiger partial charge on any atom is 0.154 e. The third kappa shape index (κ3) is 1.87. The second kappa shape index (κ2) is 3.88. The number of nitrogens with zero attached hydrogens (tertiary/aromatic N) is 1. The molecule has 2 rings (SSSR count). The third-order valence-corrected chi connectivity index (χ3v) is 3.57. The number of carbonyl (C=O) groups is 1. The minimum Gasteiger partial charge on any atom is -0.347 e. The van der Waals surface area contributed by atoms with Crippen LogP contribution in [0.4, 0.5) is 5.69 Å². The van der Waals surface area contributed by atoms with Gasteiger partial charge in [0.1, 0.15) is 0 Å². The molecule has 0 fully saturated rings. The highest BCUT2D eigenvalue weighted by Crippen LogP contribution is 2.47.